The lowest BCUT2D eigenvalue weighted by molar-refractivity contribution is 0.555. The molecule has 5 rings (SSSR count). The lowest BCUT2D eigenvalue weighted by Crippen LogP contribution is -2.13. The first-order chi connectivity index (χ1) is 14.7. The summed E-state index contributed by atoms with van der Waals surface area (Å²) in [6, 6.07) is 13.9. The largest absolute Gasteiger partial charge is 0.325 e. The second kappa shape index (κ2) is 7.25. The van der Waals surface area contributed by atoms with E-state index in [9.17, 15) is 10.1 Å². The Morgan fingerprint density at radius 1 is 1.20 bits per heavy atom. The van der Waals surface area contributed by atoms with Gasteiger partial charge in [-0.25, -0.2) is 5.10 Å². The van der Waals surface area contributed by atoms with E-state index in [4.69, 9.17) is 5.73 Å². The predicted octanol–water partition coefficient (Wildman–Crippen LogP) is 3.12. The molecule has 0 amide bonds. The van der Waals surface area contributed by atoms with E-state index < -0.39 is 0 Å². The minimum atomic E-state index is -0.240. The quantitative estimate of drug-likeness (QED) is 0.540. The maximum atomic E-state index is 12.2. The first-order valence-corrected chi connectivity index (χ1v) is 10.0. The number of nitrogens with two attached hydrogens (primary N) is 1. The zero-order chi connectivity index (χ0) is 20.7. The number of hydrogen-bond acceptors (Lipinski definition) is 5. The van der Waals surface area contributed by atoms with Crippen molar-refractivity contribution in [1.82, 2.24) is 20.0 Å². The summed E-state index contributed by atoms with van der Waals surface area (Å²) in [5.74, 6) is 0. The molecule has 0 saturated carbocycles. The molecule has 4 aromatic rings. The van der Waals surface area contributed by atoms with Crippen LogP contribution in [0.25, 0.3) is 33.2 Å². The van der Waals surface area contributed by atoms with E-state index in [1.807, 2.05) is 35.1 Å². The van der Waals surface area contributed by atoms with Crippen LogP contribution in [0.15, 0.2) is 47.4 Å². The number of aromatic amines is 1. The molecule has 3 heterocycles. The van der Waals surface area contributed by atoms with Crippen molar-refractivity contribution in [2.45, 2.75) is 32.4 Å². The molecule has 0 fully saturated rings. The van der Waals surface area contributed by atoms with Gasteiger partial charge in [-0.2, -0.15) is 15.5 Å². The normalized spacial score (nSPS) is 13.2. The van der Waals surface area contributed by atoms with Gasteiger partial charge in [0.05, 0.1) is 34.6 Å². The van der Waals surface area contributed by atoms with Gasteiger partial charge in [0.1, 0.15) is 0 Å². The maximum Gasteiger partial charge on any atom is 0.272 e. The van der Waals surface area contributed by atoms with Crippen LogP contribution in [-0.2, 0) is 19.5 Å². The third kappa shape index (κ3) is 2.81. The highest BCUT2D eigenvalue weighted by Crippen LogP contribution is 2.38. The molecule has 0 spiro atoms. The fourth-order valence-electron chi connectivity index (χ4n) is 4.33. The fourth-order valence-corrected chi connectivity index (χ4v) is 4.33. The molecule has 0 saturated heterocycles. The third-order valence-corrected chi connectivity index (χ3v) is 5.79. The number of nitrogens with zero attached hydrogens (tertiary/aromatic N) is 4. The summed E-state index contributed by atoms with van der Waals surface area (Å²) >= 11 is 0. The fraction of sp³-hybridized carbons (Fsp3) is 0.217. The minimum Gasteiger partial charge on any atom is -0.325 e. The molecule has 1 aliphatic rings. The summed E-state index contributed by atoms with van der Waals surface area (Å²) < 4.78 is 2.00. The lowest BCUT2D eigenvalue weighted by Gasteiger charge is -2.18. The molecule has 7 heteroatoms. The standard InChI is InChI=1S/C23H20N6O/c24-11-16-6-3-5-14-4-1-2-9-29-22(21(14)16)19(13-26-29)15-7-8-17-18(10-15)20(12-25)27-28-23(17)30/h3,5-8,10,13H,1-2,4,9,12,25H2,(H,28,30). The summed E-state index contributed by atoms with van der Waals surface area (Å²) in [6.07, 6.45) is 4.87. The Hall–Kier alpha value is -3.76. The highest BCUT2D eigenvalue weighted by atomic mass is 16.1. The highest BCUT2D eigenvalue weighted by Gasteiger charge is 2.22. The minimum absolute atomic E-state index is 0.226. The molecule has 3 N–H and O–H groups in total. The van der Waals surface area contributed by atoms with Gasteiger partial charge in [-0.05, 0) is 48.6 Å². The zero-order valence-corrected chi connectivity index (χ0v) is 16.4. The maximum absolute atomic E-state index is 12.2. The Balaban J connectivity index is 1.80. The zero-order valence-electron chi connectivity index (χ0n) is 16.4. The van der Waals surface area contributed by atoms with Crippen LogP contribution in [0.5, 0.6) is 0 Å². The van der Waals surface area contributed by atoms with Crippen molar-refractivity contribution in [3.05, 3.63) is 69.8 Å². The molecule has 2 aromatic carbocycles. The number of nitrogens with one attached hydrogen (secondary N) is 1. The van der Waals surface area contributed by atoms with Gasteiger partial charge in [0.25, 0.3) is 5.56 Å². The number of benzene rings is 2. The molecule has 7 nitrogen and oxygen atoms in total. The lowest BCUT2D eigenvalue weighted by atomic mass is 9.90. The Kier molecular flexibility index (Phi) is 4.42. The van der Waals surface area contributed by atoms with Gasteiger partial charge in [-0.1, -0.05) is 18.2 Å². The number of aromatic nitrogens is 4. The average Bonchev–Trinajstić information content (AvgIpc) is 3.17. The number of rotatable bonds is 2. The Morgan fingerprint density at radius 2 is 2.10 bits per heavy atom. The van der Waals surface area contributed by atoms with Crippen molar-refractivity contribution in [3.63, 3.8) is 0 Å². The molecule has 2 aromatic heterocycles. The molecule has 0 unspecified atom stereocenters. The van der Waals surface area contributed by atoms with E-state index in [0.717, 1.165) is 53.6 Å². The summed E-state index contributed by atoms with van der Waals surface area (Å²) in [6.45, 7) is 1.03. The molecule has 0 radical (unpaired) electrons. The molecular formula is C23H20N6O. The monoisotopic (exact) mass is 396 g/mol. The van der Waals surface area contributed by atoms with Crippen molar-refractivity contribution in [1.29, 1.82) is 5.26 Å². The first-order valence-electron chi connectivity index (χ1n) is 10.0. The topological polar surface area (TPSA) is 113 Å². The number of fused-ring (bicyclic) bond motifs is 4. The number of aryl methyl sites for hydroxylation is 2. The van der Waals surface area contributed by atoms with Crippen LogP contribution in [-0.4, -0.2) is 20.0 Å². The number of H-pyrrole nitrogens is 1. The van der Waals surface area contributed by atoms with Crippen LogP contribution in [0.2, 0.25) is 0 Å². The van der Waals surface area contributed by atoms with Gasteiger partial charge in [0, 0.05) is 29.6 Å². The van der Waals surface area contributed by atoms with Crippen LogP contribution >= 0.6 is 0 Å². The third-order valence-electron chi connectivity index (χ3n) is 5.79. The SMILES string of the molecule is N#Cc1cccc2c1-c1c(-c3ccc4c(=O)[nH]nc(CN)c4c3)cnn1CCCC2. The van der Waals surface area contributed by atoms with Gasteiger partial charge in [0.2, 0.25) is 0 Å². The molecular weight excluding hydrogens is 376 g/mol. The van der Waals surface area contributed by atoms with E-state index in [0.29, 0.717) is 16.6 Å². The Bertz CT molecular complexity index is 1370. The Morgan fingerprint density at radius 3 is 2.93 bits per heavy atom. The molecule has 1 aliphatic heterocycles. The van der Waals surface area contributed by atoms with Crippen molar-refractivity contribution < 1.29 is 0 Å². The van der Waals surface area contributed by atoms with Gasteiger partial charge < -0.3 is 5.73 Å². The van der Waals surface area contributed by atoms with E-state index in [2.05, 4.69) is 27.4 Å². The second-order valence-corrected chi connectivity index (χ2v) is 7.50. The second-order valence-electron chi connectivity index (χ2n) is 7.50. The van der Waals surface area contributed by atoms with Gasteiger partial charge >= 0.3 is 0 Å². The Labute approximate surface area is 172 Å². The van der Waals surface area contributed by atoms with Crippen LogP contribution in [0.1, 0.15) is 29.7 Å². The smallest absolute Gasteiger partial charge is 0.272 e. The van der Waals surface area contributed by atoms with Crippen LogP contribution in [0.3, 0.4) is 0 Å². The van der Waals surface area contributed by atoms with Gasteiger partial charge in [-0.15, -0.1) is 0 Å². The van der Waals surface area contributed by atoms with Gasteiger partial charge in [-0.3, -0.25) is 9.48 Å². The van der Waals surface area contributed by atoms with E-state index in [1.165, 1.54) is 5.56 Å². The molecule has 30 heavy (non-hydrogen) atoms. The molecule has 0 atom stereocenters. The highest BCUT2D eigenvalue weighted by molar-refractivity contribution is 5.92. The van der Waals surface area contributed by atoms with Crippen LogP contribution in [0.4, 0.5) is 0 Å². The van der Waals surface area contributed by atoms with Crippen molar-refractivity contribution in [2.24, 2.45) is 5.73 Å². The molecule has 148 valence electrons. The summed E-state index contributed by atoms with van der Waals surface area (Å²) in [7, 11) is 0. The van der Waals surface area contributed by atoms with E-state index in [-0.39, 0.29) is 12.1 Å². The van der Waals surface area contributed by atoms with Gasteiger partial charge in [0.15, 0.2) is 0 Å². The van der Waals surface area contributed by atoms with Crippen LogP contribution in [0, 0.1) is 11.3 Å². The number of hydrogen-bond donors (Lipinski definition) is 2. The molecule has 0 bridgehead atoms. The summed E-state index contributed by atoms with van der Waals surface area (Å²) in [4.78, 5) is 12.2. The van der Waals surface area contributed by atoms with E-state index >= 15 is 0 Å². The first kappa shape index (κ1) is 18.3. The van der Waals surface area contributed by atoms with Crippen molar-refractivity contribution in [2.75, 3.05) is 0 Å². The predicted molar refractivity (Wildman–Crippen MR) is 115 cm³/mol. The summed E-state index contributed by atoms with van der Waals surface area (Å²) in [5, 5.41) is 22.3. The number of nitriles is 1. The van der Waals surface area contributed by atoms with Crippen molar-refractivity contribution in [3.8, 4) is 28.5 Å². The molecule has 0 aliphatic carbocycles. The van der Waals surface area contributed by atoms with E-state index in [1.54, 1.807) is 6.07 Å². The van der Waals surface area contributed by atoms with Crippen LogP contribution < -0.4 is 11.3 Å². The summed E-state index contributed by atoms with van der Waals surface area (Å²) in [5.41, 5.74) is 11.8. The van der Waals surface area contributed by atoms with Crippen molar-refractivity contribution >= 4 is 10.8 Å². The average molecular weight is 396 g/mol.